The molecule has 0 saturated heterocycles. The molecule has 0 N–H and O–H groups in total. The Morgan fingerprint density at radius 2 is 0.867 bits per heavy atom. The molecular weight excluding hydrogens is 420 g/mol. The van der Waals surface area contributed by atoms with Crippen molar-refractivity contribution in [3.05, 3.63) is 59.7 Å². The zero-order valence-corrected chi connectivity index (χ0v) is 19.8. The van der Waals surface area contributed by atoms with E-state index in [1.54, 1.807) is 62.6 Å². The molecule has 2 aromatic rings. The van der Waals surface area contributed by atoms with E-state index in [2.05, 4.69) is 0 Å². The standard InChI is InChI=1S/C22H32N2O4S2/c1-19-9-13-21(14-10-19)29(25,26)23(3)17-7-5-6-8-18-24(4)30(27,28)22-15-11-20(2)12-16-22/h9-16H,5-8,17-18H2,1-4H3. The van der Waals surface area contributed by atoms with Crippen LogP contribution in [-0.4, -0.2) is 52.6 Å². The summed E-state index contributed by atoms with van der Waals surface area (Å²) in [6.45, 7) is 4.72. The van der Waals surface area contributed by atoms with E-state index in [9.17, 15) is 16.8 Å². The van der Waals surface area contributed by atoms with E-state index in [4.69, 9.17) is 0 Å². The van der Waals surface area contributed by atoms with Crippen molar-refractivity contribution in [3.8, 4) is 0 Å². The Labute approximate surface area is 181 Å². The highest BCUT2D eigenvalue weighted by Gasteiger charge is 2.21. The normalized spacial score (nSPS) is 12.6. The van der Waals surface area contributed by atoms with Gasteiger partial charge in [0.2, 0.25) is 20.0 Å². The maximum atomic E-state index is 12.6. The number of benzene rings is 2. The first kappa shape index (κ1) is 24.5. The molecule has 8 heteroatoms. The van der Waals surface area contributed by atoms with Gasteiger partial charge in [0.1, 0.15) is 0 Å². The molecule has 6 nitrogen and oxygen atoms in total. The zero-order chi connectivity index (χ0) is 22.4. The molecule has 0 fully saturated rings. The molecule has 30 heavy (non-hydrogen) atoms. The van der Waals surface area contributed by atoms with Gasteiger partial charge >= 0.3 is 0 Å². The summed E-state index contributed by atoms with van der Waals surface area (Å²) >= 11 is 0. The third-order valence-corrected chi connectivity index (χ3v) is 8.90. The second kappa shape index (κ2) is 10.5. The van der Waals surface area contributed by atoms with Gasteiger partial charge in [-0.15, -0.1) is 0 Å². The van der Waals surface area contributed by atoms with Gasteiger partial charge in [-0.3, -0.25) is 0 Å². The van der Waals surface area contributed by atoms with E-state index < -0.39 is 20.0 Å². The molecule has 0 atom stereocenters. The maximum Gasteiger partial charge on any atom is 0.242 e. The predicted octanol–water partition coefficient (Wildman–Crippen LogP) is 3.81. The van der Waals surface area contributed by atoms with Crippen LogP contribution >= 0.6 is 0 Å². The first-order chi connectivity index (χ1) is 14.0. The number of rotatable bonds is 11. The maximum absolute atomic E-state index is 12.6. The lowest BCUT2D eigenvalue weighted by atomic mass is 10.2. The van der Waals surface area contributed by atoms with E-state index in [1.165, 1.54) is 8.61 Å². The molecule has 0 saturated carbocycles. The minimum absolute atomic E-state index is 0.304. The summed E-state index contributed by atoms with van der Waals surface area (Å²) in [7, 11) is -3.75. The fourth-order valence-corrected chi connectivity index (χ4v) is 5.46. The lowest BCUT2D eigenvalue weighted by Gasteiger charge is -2.18. The predicted molar refractivity (Wildman–Crippen MR) is 120 cm³/mol. The summed E-state index contributed by atoms with van der Waals surface area (Å²) in [5.41, 5.74) is 2.04. The van der Waals surface area contributed by atoms with Crippen LogP contribution in [0, 0.1) is 13.8 Å². The highest BCUT2D eigenvalue weighted by atomic mass is 32.2. The average Bonchev–Trinajstić information content (AvgIpc) is 2.70. The topological polar surface area (TPSA) is 74.8 Å². The molecule has 0 aliphatic rings. The van der Waals surface area contributed by atoms with Crippen LogP contribution < -0.4 is 0 Å². The van der Waals surface area contributed by atoms with Gasteiger partial charge in [0.05, 0.1) is 9.79 Å². The number of aryl methyl sites for hydroxylation is 2. The summed E-state index contributed by atoms with van der Waals surface area (Å²) in [4.78, 5) is 0.608. The number of nitrogens with zero attached hydrogens (tertiary/aromatic N) is 2. The molecule has 2 rings (SSSR count). The second-order valence-electron chi connectivity index (χ2n) is 7.69. The van der Waals surface area contributed by atoms with Crippen molar-refractivity contribution in [1.29, 1.82) is 0 Å². The summed E-state index contributed by atoms with van der Waals surface area (Å²) < 4.78 is 53.0. The molecule has 166 valence electrons. The fourth-order valence-electron chi connectivity index (χ4n) is 3.04. The van der Waals surface area contributed by atoms with E-state index in [1.807, 2.05) is 13.8 Å². The smallest absolute Gasteiger partial charge is 0.207 e. The molecule has 0 aromatic heterocycles. The van der Waals surface area contributed by atoms with Gasteiger partial charge in [0, 0.05) is 27.2 Å². The van der Waals surface area contributed by atoms with Crippen molar-refractivity contribution in [3.63, 3.8) is 0 Å². The van der Waals surface area contributed by atoms with Gasteiger partial charge < -0.3 is 0 Å². The molecule has 2 aromatic carbocycles. The number of sulfonamides is 2. The molecule has 0 unspecified atom stereocenters. The first-order valence-electron chi connectivity index (χ1n) is 10.1. The van der Waals surface area contributed by atoms with Gasteiger partial charge in [0.25, 0.3) is 0 Å². The van der Waals surface area contributed by atoms with E-state index in [0.717, 1.165) is 36.8 Å². The first-order valence-corrected chi connectivity index (χ1v) is 13.0. The summed E-state index contributed by atoms with van der Waals surface area (Å²) in [6, 6.07) is 13.7. The lowest BCUT2D eigenvalue weighted by molar-refractivity contribution is 0.431. The van der Waals surface area contributed by atoms with Crippen LogP contribution in [0.4, 0.5) is 0 Å². The van der Waals surface area contributed by atoms with Gasteiger partial charge in [-0.05, 0) is 51.0 Å². The molecule has 0 radical (unpaired) electrons. The summed E-state index contributed by atoms with van der Waals surface area (Å²) in [6.07, 6.45) is 3.14. The Bertz CT molecular complexity index is 930. The molecule has 0 aliphatic carbocycles. The second-order valence-corrected chi connectivity index (χ2v) is 11.8. The number of hydrogen-bond acceptors (Lipinski definition) is 4. The zero-order valence-electron chi connectivity index (χ0n) is 18.2. The Morgan fingerprint density at radius 1 is 0.567 bits per heavy atom. The van der Waals surface area contributed by atoms with Crippen LogP contribution in [0.3, 0.4) is 0 Å². The third kappa shape index (κ3) is 6.38. The third-order valence-electron chi connectivity index (χ3n) is 5.15. The largest absolute Gasteiger partial charge is 0.242 e. The van der Waals surface area contributed by atoms with Crippen LogP contribution in [0.1, 0.15) is 36.8 Å². The monoisotopic (exact) mass is 452 g/mol. The summed E-state index contributed by atoms with van der Waals surface area (Å²) in [5, 5.41) is 0. The minimum atomic E-state index is -3.47. The highest BCUT2D eigenvalue weighted by Crippen LogP contribution is 2.17. The van der Waals surface area contributed by atoms with Crippen molar-refractivity contribution in [2.24, 2.45) is 0 Å². The van der Waals surface area contributed by atoms with Crippen molar-refractivity contribution < 1.29 is 16.8 Å². The van der Waals surface area contributed by atoms with Crippen LogP contribution in [-0.2, 0) is 20.0 Å². The Kier molecular flexibility index (Phi) is 8.61. The van der Waals surface area contributed by atoms with Crippen molar-refractivity contribution in [1.82, 2.24) is 8.61 Å². The number of hydrogen-bond donors (Lipinski definition) is 0. The minimum Gasteiger partial charge on any atom is -0.207 e. The quantitative estimate of drug-likeness (QED) is 0.486. The van der Waals surface area contributed by atoms with E-state index in [-0.39, 0.29) is 0 Å². The van der Waals surface area contributed by atoms with Crippen molar-refractivity contribution in [2.45, 2.75) is 49.3 Å². The van der Waals surface area contributed by atoms with E-state index >= 15 is 0 Å². The van der Waals surface area contributed by atoms with Gasteiger partial charge in [-0.1, -0.05) is 48.2 Å². The molecule has 0 heterocycles. The van der Waals surface area contributed by atoms with E-state index in [0.29, 0.717) is 22.9 Å². The van der Waals surface area contributed by atoms with Gasteiger partial charge in [-0.25, -0.2) is 25.4 Å². The highest BCUT2D eigenvalue weighted by molar-refractivity contribution is 7.89. The molecule has 0 spiro atoms. The van der Waals surface area contributed by atoms with Crippen LogP contribution in [0.2, 0.25) is 0 Å². The van der Waals surface area contributed by atoms with Crippen molar-refractivity contribution in [2.75, 3.05) is 27.2 Å². The van der Waals surface area contributed by atoms with Crippen LogP contribution in [0.5, 0.6) is 0 Å². The Hall–Kier alpha value is -1.74. The fraction of sp³-hybridized carbons (Fsp3) is 0.455. The van der Waals surface area contributed by atoms with Gasteiger partial charge in [0.15, 0.2) is 0 Å². The SMILES string of the molecule is Cc1ccc(S(=O)(=O)N(C)CCCCCCN(C)S(=O)(=O)c2ccc(C)cc2)cc1. The van der Waals surface area contributed by atoms with Crippen LogP contribution in [0.25, 0.3) is 0 Å². The molecule has 0 aliphatic heterocycles. The molecular formula is C22H32N2O4S2. The average molecular weight is 453 g/mol. The van der Waals surface area contributed by atoms with Crippen LogP contribution in [0.15, 0.2) is 58.3 Å². The Balaban J connectivity index is 1.74. The Morgan fingerprint density at radius 3 is 1.17 bits per heavy atom. The lowest BCUT2D eigenvalue weighted by Crippen LogP contribution is -2.28. The summed E-state index contributed by atoms with van der Waals surface area (Å²) in [5.74, 6) is 0. The molecule has 0 amide bonds. The van der Waals surface area contributed by atoms with Crippen molar-refractivity contribution >= 4 is 20.0 Å². The number of unbranched alkanes of at least 4 members (excludes halogenated alkanes) is 3. The molecule has 0 bridgehead atoms. The van der Waals surface area contributed by atoms with Gasteiger partial charge in [-0.2, -0.15) is 0 Å².